The maximum absolute atomic E-state index is 12.2. The lowest BCUT2D eigenvalue weighted by Crippen LogP contribution is -2.34. The van der Waals surface area contributed by atoms with Gasteiger partial charge in [0.1, 0.15) is 6.10 Å². The lowest BCUT2D eigenvalue weighted by molar-refractivity contribution is 0.000107. The zero-order chi connectivity index (χ0) is 15.7. The van der Waals surface area contributed by atoms with Crippen LogP contribution in [0.4, 0.5) is 0 Å². The second-order valence-electron chi connectivity index (χ2n) is 6.00. The standard InChI is InChI=1S/C17H22O5/c1-10-14(9-18)22-17(19)12-7-8-13(20-2)16(15(10)12)21-11-5-3-4-6-11/h7-8,10-11,14,18H,3-6,9H2,1-2H3/t10?,14-/m1/s1. The first-order chi connectivity index (χ1) is 10.7. The first kappa shape index (κ1) is 15.2. The van der Waals surface area contributed by atoms with Crippen molar-refractivity contribution < 1.29 is 24.1 Å². The van der Waals surface area contributed by atoms with Crippen molar-refractivity contribution in [3.8, 4) is 11.5 Å². The molecular formula is C17H22O5. The molecular weight excluding hydrogens is 284 g/mol. The van der Waals surface area contributed by atoms with Crippen molar-refractivity contribution in [2.75, 3.05) is 13.7 Å². The fourth-order valence-corrected chi connectivity index (χ4v) is 3.35. The molecule has 5 heteroatoms. The van der Waals surface area contributed by atoms with E-state index in [0.29, 0.717) is 17.1 Å². The van der Waals surface area contributed by atoms with Crippen LogP contribution in [0.2, 0.25) is 0 Å². The van der Waals surface area contributed by atoms with Gasteiger partial charge in [-0.15, -0.1) is 0 Å². The van der Waals surface area contributed by atoms with Gasteiger partial charge in [-0.05, 0) is 37.8 Å². The van der Waals surface area contributed by atoms with Crippen LogP contribution in [0.5, 0.6) is 11.5 Å². The van der Waals surface area contributed by atoms with Gasteiger partial charge in [-0.1, -0.05) is 6.92 Å². The van der Waals surface area contributed by atoms with Gasteiger partial charge in [0.2, 0.25) is 0 Å². The largest absolute Gasteiger partial charge is 0.493 e. The number of carbonyl (C=O) groups excluding carboxylic acids is 1. The van der Waals surface area contributed by atoms with Gasteiger partial charge in [-0.2, -0.15) is 0 Å². The van der Waals surface area contributed by atoms with Gasteiger partial charge < -0.3 is 19.3 Å². The van der Waals surface area contributed by atoms with Crippen molar-refractivity contribution in [1.29, 1.82) is 0 Å². The van der Waals surface area contributed by atoms with E-state index in [9.17, 15) is 9.90 Å². The fraction of sp³-hybridized carbons (Fsp3) is 0.588. The molecule has 1 unspecified atom stereocenters. The smallest absolute Gasteiger partial charge is 0.338 e. The number of carbonyl (C=O) groups is 1. The first-order valence-electron chi connectivity index (χ1n) is 7.85. The lowest BCUT2D eigenvalue weighted by Gasteiger charge is -2.32. The highest BCUT2D eigenvalue weighted by molar-refractivity contribution is 5.94. The molecule has 1 aliphatic carbocycles. The predicted octanol–water partition coefficient (Wildman–Crippen LogP) is 2.65. The van der Waals surface area contributed by atoms with E-state index < -0.39 is 12.1 Å². The molecule has 2 aliphatic rings. The molecule has 2 atom stereocenters. The number of methoxy groups -OCH3 is 1. The Morgan fingerprint density at radius 1 is 1.32 bits per heavy atom. The van der Waals surface area contributed by atoms with Crippen molar-refractivity contribution in [3.63, 3.8) is 0 Å². The van der Waals surface area contributed by atoms with E-state index in [0.717, 1.165) is 18.4 Å². The molecule has 1 aromatic rings. The van der Waals surface area contributed by atoms with Gasteiger partial charge in [0.05, 0.1) is 25.4 Å². The van der Waals surface area contributed by atoms with Gasteiger partial charge in [0, 0.05) is 11.5 Å². The second-order valence-corrected chi connectivity index (χ2v) is 6.00. The fourth-order valence-electron chi connectivity index (χ4n) is 3.35. The topological polar surface area (TPSA) is 65.0 Å². The van der Waals surface area contributed by atoms with Crippen molar-refractivity contribution in [2.24, 2.45) is 0 Å². The number of hydrogen-bond acceptors (Lipinski definition) is 5. The van der Waals surface area contributed by atoms with Crippen LogP contribution in [0, 0.1) is 0 Å². The Morgan fingerprint density at radius 3 is 2.68 bits per heavy atom. The highest BCUT2D eigenvalue weighted by Gasteiger charge is 2.37. The van der Waals surface area contributed by atoms with Gasteiger partial charge in [-0.25, -0.2) is 4.79 Å². The van der Waals surface area contributed by atoms with Gasteiger partial charge in [0.25, 0.3) is 0 Å². The summed E-state index contributed by atoms with van der Waals surface area (Å²) in [5.74, 6) is 0.716. The summed E-state index contributed by atoms with van der Waals surface area (Å²) in [5, 5.41) is 9.46. The third kappa shape index (κ3) is 2.54. The Labute approximate surface area is 130 Å². The van der Waals surface area contributed by atoms with Crippen LogP contribution in [0.15, 0.2) is 12.1 Å². The molecule has 1 heterocycles. The molecule has 0 amide bonds. The van der Waals surface area contributed by atoms with Crippen LogP contribution in [0.25, 0.3) is 0 Å². The quantitative estimate of drug-likeness (QED) is 0.866. The van der Waals surface area contributed by atoms with E-state index in [1.54, 1.807) is 19.2 Å². The van der Waals surface area contributed by atoms with Crippen LogP contribution in [0.1, 0.15) is 54.4 Å². The van der Waals surface area contributed by atoms with Crippen LogP contribution in [-0.4, -0.2) is 37.0 Å². The minimum atomic E-state index is -0.543. The summed E-state index contributed by atoms with van der Waals surface area (Å²) in [4.78, 5) is 12.2. The highest BCUT2D eigenvalue weighted by atomic mass is 16.6. The van der Waals surface area contributed by atoms with E-state index in [2.05, 4.69) is 0 Å². The lowest BCUT2D eigenvalue weighted by atomic mass is 9.87. The number of aliphatic hydroxyl groups is 1. The second kappa shape index (κ2) is 6.16. The van der Waals surface area contributed by atoms with Gasteiger partial charge in [0.15, 0.2) is 11.5 Å². The van der Waals surface area contributed by atoms with E-state index in [1.807, 2.05) is 6.92 Å². The Hall–Kier alpha value is -1.75. The Morgan fingerprint density at radius 2 is 2.05 bits per heavy atom. The summed E-state index contributed by atoms with van der Waals surface area (Å²) in [5.41, 5.74) is 1.30. The molecule has 1 aliphatic heterocycles. The predicted molar refractivity (Wildman–Crippen MR) is 80.6 cm³/mol. The molecule has 120 valence electrons. The first-order valence-corrected chi connectivity index (χ1v) is 7.85. The van der Waals surface area contributed by atoms with Crippen molar-refractivity contribution >= 4 is 5.97 Å². The summed E-state index contributed by atoms with van der Waals surface area (Å²) < 4.78 is 16.9. The van der Waals surface area contributed by atoms with E-state index >= 15 is 0 Å². The average molecular weight is 306 g/mol. The van der Waals surface area contributed by atoms with Crippen molar-refractivity contribution in [2.45, 2.75) is 50.7 Å². The highest BCUT2D eigenvalue weighted by Crippen LogP contribution is 2.44. The number of aliphatic hydroxyl groups excluding tert-OH is 1. The Bertz CT molecular complexity index is 562. The Kier molecular flexibility index (Phi) is 4.25. The number of rotatable bonds is 4. The maximum Gasteiger partial charge on any atom is 0.338 e. The third-order valence-electron chi connectivity index (χ3n) is 4.64. The molecule has 0 bridgehead atoms. The summed E-state index contributed by atoms with van der Waals surface area (Å²) in [6.07, 6.45) is 4.00. The van der Waals surface area contributed by atoms with Crippen LogP contribution < -0.4 is 9.47 Å². The number of ether oxygens (including phenoxy) is 3. The Balaban J connectivity index is 2.06. The monoisotopic (exact) mass is 306 g/mol. The number of fused-ring (bicyclic) bond motifs is 1. The number of esters is 1. The number of cyclic esters (lactones) is 1. The summed E-state index contributed by atoms with van der Waals surface area (Å²) in [6.45, 7) is 1.74. The summed E-state index contributed by atoms with van der Waals surface area (Å²) in [7, 11) is 1.60. The van der Waals surface area contributed by atoms with E-state index in [-0.39, 0.29) is 18.6 Å². The molecule has 3 rings (SSSR count). The molecule has 1 fully saturated rings. The average Bonchev–Trinajstić information content (AvgIpc) is 3.03. The zero-order valence-corrected chi connectivity index (χ0v) is 13.0. The molecule has 0 spiro atoms. The molecule has 0 aromatic heterocycles. The van der Waals surface area contributed by atoms with E-state index in [4.69, 9.17) is 14.2 Å². The molecule has 1 saturated carbocycles. The third-order valence-corrected chi connectivity index (χ3v) is 4.64. The normalized spacial score (nSPS) is 24.8. The van der Waals surface area contributed by atoms with Gasteiger partial charge in [-0.3, -0.25) is 0 Å². The van der Waals surface area contributed by atoms with Crippen molar-refractivity contribution in [1.82, 2.24) is 0 Å². The molecule has 22 heavy (non-hydrogen) atoms. The molecule has 0 radical (unpaired) electrons. The molecule has 1 aromatic carbocycles. The minimum absolute atomic E-state index is 0.135. The van der Waals surface area contributed by atoms with Crippen LogP contribution in [0.3, 0.4) is 0 Å². The van der Waals surface area contributed by atoms with E-state index in [1.165, 1.54) is 12.8 Å². The zero-order valence-electron chi connectivity index (χ0n) is 13.0. The van der Waals surface area contributed by atoms with Crippen LogP contribution in [-0.2, 0) is 4.74 Å². The molecule has 5 nitrogen and oxygen atoms in total. The molecule has 1 N–H and O–H groups in total. The van der Waals surface area contributed by atoms with Gasteiger partial charge >= 0.3 is 5.97 Å². The SMILES string of the molecule is COc1ccc2c(c1OC1CCCC1)C(C)[C@@H](CO)OC2=O. The number of benzene rings is 1. The van der Waals surface area contributed by atoms with Crippen molar-refractivity contribution in [3.05, 3.63) is 23.3 Å². The number of hydrogen-bond donors (Lipinski definition) is 1. The summed E-state index contributed by atoms with van der Waals surface area (Å²) in [6, 6.07) is 3.46. The maximum atomic E-state index is 12.2. The summed E-state index contributed by atoms with van der Waals surface area (Å²) >= 11 is 0. The minimum Gasteiger partial charge on any atom is -0.493 e. The van der Waals surface area contributed by atoms with Crippen LogP contribution >= 0.6 is 0 Å². The molecule has 0 saturated heterocycles.